The molecular formula is C31H50O2. The lowest BCUT2D eigenvalue weighted by Crippen LogP contribution is -2.64. The van der Waals surface area contributed by atoms with Crippen LogP contribution in [0.15, 0.2) is 12.2 Å². The number of hydrogen-bond donors (Lipinski definition) is 0. The highest BCUT2D eigenvalue weighted by Gasteiger charge is 2.72. The summed E-state index contributed by atoms with van der Waals surface area (Å²) < 4.78 is 5.90. The molecule has 0 radical (unpaired) electrons. The molecule has 10 unspecified atom stereocenters. The van der Waals surface area contributed by atoms with Crippen molar-refractivity contribution in [2.45, 2.75) is 119 Å². The van der Waals surface area contributed by atoms with Crippen LogP contribution in [0.4, 0.5) is 0 Å². The first-order valence-corrected chi connectivity index (χ1v) is 14.0. The molecule has 0 saturated heterocycles. The van der Waals surface area contributed by atoms with Gasteiger partial charge >= 0.3 is 5.97 Å². The summed E-state index contributed by atoms with van der Waals surface area (Å²) in [5, 5.41) is 0. The fraction of sp³-hybridized carbons (Fsp3) is 0.903. The minimum Gasteiger partial charge on any atom is -0.462 e. The number of hydrogen-bond acceptors (Lipinski definition) is 2. The van der Waals surface area contributed by atoms with E-state index in [1.807, 2.05) is 0 Å². The van der Waals surface area contributed by atoms with Crippen LogP contribution in [-0.2, 0) is 9.53 Å². The number of carbonyl (C=O) groups excluding carboxylic acids is 1. The molecule has 0 N–H and O–H groups in total. The molecule has 0 heterocycles. The van der Waals surface area contributed by atoms with Crippen molar-refractivity contribution in [2.24, 2.45) is 56.7 Å². The first-order valence-electron chi connectivity index (χ1n) is 14.0. The second-order valence-corrected chi connectivity index (χ2v) is 15.0. The third-order valence-corrected chi connectivity index (χ3v) is 13.3. The molecule has 0 aliphatic heterocycles. The van der Waals surface area contributed by atoms with E-state index in [4.69, 9.17) is 4.74 Å². The van der Waals surface area contributed by atoms with E-state index in [0.29, 0.717) is 27.6 Å². The summed E-state index contributed by atoms with van der Waals surface area (Å²) in [7, 11) is 0. The van der Waals surface area contributed by atoms with Gasteiger partial charge in [0.1, 0.15) is 6.10 Å². The predicted molar refractivity (Wildman–Crippen MR) is 136 cm³/mol. The summed E-state index contributed by atoms with van der Waals surface area (Å²) in [6, 6.07) is 0. The van der Waals surface area contributed by atoms with Crippen LogP contribution in [-0.4, -0.2) is 12.1 Å². The molecule has 5 aliphatic rings. The maximum absolute atomic E-state index is 11.9. The Kier molecular flexibility index (Phi) is 5.17. The lowest BCUT2D eigenvalue weighted by Gasteiger charge is -2.70. The fourth-order valence-corrected chi connectivity index (χ4v) is 11.9. The minimum absolute atomic E-state index is 0.0565. The third-order valence-electron chi connectivity index (χ3n) is 13.3. The number of carbonyl (C=O) groups is 1. The lowest BCUT2D eigenvalue weighted by atomic mass is 9.35. The number of fused-ring (bicyclic) bond motifs is 7. The molecule has 5 saturated carbocycles. The van der Waals surface area contributed by atoms with Gasteiger partial charge in [-0.15, -0.1) is 0 Å². The van der Waals surface area contributed by atoms with Crippen molar-refractivity contribution in [3.8, 4) is 0 Å². The van der Waals surface area contributed by atoms with Crippen LogP contribution >= 0.6 is 0 Å². The number of esters is 1. The quantitative estimate of drug-likeness (QED) is 0.310. The van der Waals surface area contributed by atoms with Crippen LogP contribution in [0.2, 0.25) is 0 Å². The van der Waals surface area contributed by atoms with E-state index in [2.05, 4.69) is 55.0 Å². The van der Waals surface area contributed by atoms with Crippen molar-refractivity contribution in [2.75, 3.05) is 0 Å². The molecular weight excluding hydrogens is 404 g/mol. The number of rotatable bonds is 2. The van der Waals surface area contributed by atoms with Crippen molar-refractivity contribution in [3.05, 3.63) is 12.2 Å². The second kappa shape index (κ2) is 7.13. The summed E-state index contributed by atoms with van der Waals surface area (Å²) in [5.74, 6) is 3.77. The Morgan fingerprint density at radius 3 is 2.15 bits per heavy atom. The van der Waals surface area contributed by atoms with Crippen LogP contribution < -0.4 is 0 Å². The third kappa shape index (κ3) is 2.94. The Morgan fingerprint density at radius 2 is 1.52 bits per heavy atom. The summed E-state index contributed by atoms with van der Waals surface area (Å²) in [4.78, 5) is 11.9. The van der Waals surface area contributed by atoms with E-state index < -0.39 is 0 Å². The summed E-state index contributed by atoms with van der Waals surface area (Å²) >= 11 is 0. The van der Waals surface area contributed by atoms with Gasteiger partial charge in [-0.3, -0.25) is 4.79 Å². The molecule has 0 spiro atoms. The predicted octanol–water partition coefficient (Wildman–Crippen LogP) is 8.21. The van der Waals surface area contributed by atoms with E-state index in [0.717, 1.165) is 30.1 Å². The Morgan fingerprint density at radius 1 is 0.818 bits per heavy atom. The molecule has 0 aromatic rings. The minimum atomic E-state index is -0.108. The second-order valence-electron chi connectivity index (χ2n) is 15.0. The van der Waals surface area contributed by atoms with Gasteiger partial charge in [0.05, 0.1) is 0 Å². The molecule has 10 atom stereocenters. The van der Waals surface area contributed by atoms with Gasteiger partial charge in [0, 0.05) is 12.3 Å². The van der Waals surface area contributed by atoms with Gasteiger partial charge in [-0.05, 0) is 116 Å². The fourth-order valence-electron chi connectivity index (χ4n) is 11.9. The van der Waals surface area contributed by atoms with Gasteiger partial charge in [0.15, 0.2) is 0 Å². The van der Waals surface area contributed by atoms with Gasteiger partial charge in [-0.25, -0.2) is 0 Å². The average Bonchev–Trinajstić information content (AvgIpc) is 3.13. The summed E-state index contributed by atoms with van der Waals surface area (Å²) in [5.41, 5.74) is 3.22. The van der Waals surface area contributed by atoms with Crippen molar-refractivity contribution in [1.29, 1.82) is 0 Å². The highest BCUT2D eigenvalue weighted by atomic mass is 16.5. The normalized spacial score (nSPS) is 54.5. The first-order chi connectivity index (χ1) is 15.2. The largest absolute Gasteiger partial charge is 0.462 e. The van der Waals surface area contributed by atoms with E-state index >= 15 is 0 Å². The SMILES string of the molecule is C=C(C)C1CCC2(C)CC3(C)C(CCC4C5(C)CCC(OC(C)=O)C(C)(C)C5CCC43C)C12. The van der Waals surface area contributed by atoms with Crippen LogP contribution in [0.25, 0.3) is 0 Å². The molecule has 2 nitrogen and oxygen atoms in total. The van der Waals surface area contributed by atoms with Gasteiger partial charge < -0.3 is 4.74 Å². The van der Waals surface area contributed by atoms with Gasteiger partial charge in [0.2, 0.25) is 0 Å². The number of ether oxygens (including phenoxy) is 1. The molecule has 2 heteroatoms. The summed E-state index contributed by atoms with van der Waals surface area (Å²) in [6.45, 7) is 23.9. The summed E-state index contributed by atoms with van der Waals surface area (Å²) in [6.07, 6.45) is 12.0. The van der Waals surface area contributed by atoms with Crippen LogP contribution in [0.5, 0.6) is 0 Å². The number of allylic oxidation sites excluding steroid dienone is 1. The molecule has 5 rings (SSSR count). The Labute approximate surface area is 203 Å². The van der Waals surface area contributed by atoms with E-state index in [9.17, 15) is 4.79 Å². The lowest BCUT2D eigenvalue weighted by molar-refractivity contribution is -0.227. The average molecular weight is 455 g/mol. The zero-order valence-corrected chi connectivity index (χ0v) is 22.9. The molecule has 0 amide bonds. The topological polar surface area (TPSA) is 26.3 Å². The monoisotopic (exact) mass is 454 g/mol. The molecule has 186 valence electrons. The zero-order chi connectivity index (χ0) is 24.2. The Bertz CT molecular complexity index is 857. The highest BCUT2D eigenvalue weighted by Crippen LogP contribution is 2.79. The molecule has 5 fully saturated rings. The van der Waals surface area contributed by atoms with Crippen molar-refractivity contribution in [3.63, 3.8) is 0 Å². The highest BCUT2D eigenvalue weighted by molar-refractivity contribution is 5.66. The van der Waals surface area contributed by atoms with Crippen LogP contribution in [0.3, 0.4) is 0 Å². The van der Waals surface area contributed by atoms with Crippen molar-refractivity contribution in [1.82, 2.24) is 0 Å². The van der Waals surface area contributed by atoms with E-state index in [1.54, 1.807) is 6.92 Å². The van der Waals surface area contributed by atoms with Gasteiger partial charge in [0.25, 0.3) is 0 Å². The van der Waals surface area contributed by atoms with Crippen LogP contribution in [0.1, 0.15) is 113 Å². The van der Waals surface area contributed by atoms with E-state index in [1.165, 1.54) is 56.9 Å². The van der Waals surface area contributed by atoms with Gasteiger partial charge in [-0.1, -0.05) is 53.7 Å². The molecule has 0 aromatic heterocycles. The smallest absolute Gasteiger partial charge is 0.302 e. The van der Waals surface area contributed by atoms with E-state index in [-0.39, 0.29) is 17.5 Å². The Balaban J connectivity index is 1.50. The molecule has 0 aromatic carbocycles. The Hall–Kier alpha value is -0.790. The first kappa shape index (κ1) is 23.9. The van der Waals surface area contributed by atoms with Gasteiger partial charge in [-0.2, -0.15) is 0 Å². The zero-order valence-electron chi connectivity index (χ0n) is 22.9. The molecule has 0 bridgehead atoms. The van der Waals surface area contributed by atoms with Crippen molar-refractivity contribution >= 4 is 5.97 Å². The maximum atomic E-state index is 11.9. The maximum Gasteiger partial charge on any atom is 0.302 e. The standard InChI is InChI=1S/C31H50O2/c1-19(2)21-12-15-28(6)18-31(9)22(26(21)28)10-11-24-29(7)16-14-25(33-20(3)32)27(4,5)23(29)13-17-30(24,31)8/h21-26H,1,10-18H2,2-9H3. The van der Waals surface area contributed by atoms with Crippen LogP contribution in [0, 0.1) is 56.7 Å². The molecule has 5 aliphatic carbocycles. The molecule has 33 heavy (non-hydrogen) atoms. The van der Waals surface area contributed by atoms with Crippen molar-refractivity contribution < 1.29 is 9.53 Å².